The molecule has 13 heavy (non-hydrogen) atoms. The summed E-state index contributed by atoms with van der Waals surface area (Å²) in [5.41, 5.74) is -0.0115. The summed E-state index contributed by atoms with van der Waals surface area (Å²) >= 11 is 5.42. The normalized spacial score (nSPS) is 10.8. The number of hydrogen-bond acceptors (Lipinski definition) is 2. The molecule has 0 aliphatic heterocycles. The number of rotatable bonds is 2. The third-order valence-corrected chi connectivity index (χ3v) is 2.04. The molecule has 0 saturated carbocycles. The Morgan fingerprint density at radius 2 is 2.23 bits per heavy atom. The molecule has 1 N–H and O–H groups in total. The third-order valence-electron chi connectivity index (χ3n) is 1.79. The second kappa shape index (κ2) is 3.87. The van der Waals surface area contributed by atoms with E-state index in [0.717, 1.165) is 6.20 Å². The second-order valence-corrected chi connectivity index (χ2v) is 2.83. The van der Waals surface area contributed by atoms with Crippen LogP contribution in [0.4, 0.5) is 8.78 Å². The van der Waals surface area contributed by atoms with E-state index >= 15 is 0 Å². The molecule has 0 radical (unpaired) electrons. The molecular weight excluding hydrogens is 200 g/mol. The quantitative estimate of drug-likeness (QED) is 0.757. The van der Waals surface area contributed by atoms with Crippen LogP contribution in [0.25, 0.3) is 0 Å². The summed E-state index contributed by atoms with van der Waals surface area (Å²) < 4.78 is 24.9. The van der Waals surface area contributed by atoms with Crippen molar-refractivity contribution < 1.29 is 13.9 Å². The first kappa shape index (κ1) is 10.2. The van der Waals surface area contributed by atoms with Gasteiger partial charge in [-0.1, -0.05) is 0 Å². The van der Waals surface area contributed by atoms with Crippen molar-refractivity contribution in [1.29, 1.82) is 0 Å². The van der Waals surface area contributed by atoms with Gasteiger partial charge in [0.2, 0.25) is 0 Å². The van der Waals surface area contributed by atoms with Crippen molar-refractivity contribution >= 4 is 11.6 Å². The van der Waals surface area contributed by atoms with Gasteiger partial charge in [-0.25, -0.2) is 8.78 Å². The Balaban J connectivity index is 3.32. The van der Waals surface area contributed by atoms with Crippen molar-refractivity contribution in [2.45, 2.75) is 19.2 Å². The molecule has 5 heteroatoms. The predicted octanol–water partition coefficient (Wildman–Crippen LogP) is 2.77. The van der Waals surface area contributed by atoms with Gasteiger partial charge in [-0.3, -0.25) is 4.98 Å². The average Bonchev–Trinajstić information content (AvgIpc) is 2.08. The summed E-state index contributed by atoms with van der Waals surface area (Å²) in [6, 6.07) is 0. The first-order valence-electron chi connectivity index (χ1n) is 3.59. The minimum atomic E-state index is -2.66. The van der Waals surface area contributed by atoms with Gasteiger partial charge in [0.25, 0.3) is 6.43 Å². The maximum absolute atomic E-state index is 12.4. The molecule has 0 aliphatic rings. The van der Waals surface area contributed by atoms with Gasteiger partial charge in [0.15, 0.2) is 0 Å². The highest BCUT2D eigenvalue weighted by Crippen LogP contribution is 2.30. The van der Waals surface area contributed by atoms with Gasteiger partial charge >= 0.3 is 0 Å². The lowest BCUT2D eigenvalue weighted by atomic mass is 10.1. The monoisotopic (exact) mass is 207 g/mol. The Bertz CT molecular complexity index is 317. The van der Waals surface area contributed by atoms with E-state index in [-0.39, 0.29) is 28.5 Å². The number of hydrogen-bond donors (Lipinski definition) is 1. The molecular formula is C8H8ClF2NO. The molecule has 0 amide bonds. The van der Waals surface area contributed by atoms with Crippen LogP contribution in [0.2, 0.25) is 0 Å². The number of pyridine rings is 1. The number of halogens is 3. The number of nitrogens with zero attached hydrogens (tertiary/aromatic N) is 1. The molecule has 72 valence electrons. The van der Waals surface area contributed by atoms with Crippen LogP contribution in [0.1, 0.15) is 23.2 Å². The number of alkyl halides is 3. The van der Waals surface area contributed by atoms with Crippen LogP contribution >= 0.6 is 11.6 Å². The van der Waals surface area contributed by atoms with Gasteiger partial charge in [0, 0.05) is 11.1 Å². The lowest BCUT2D eigenvalue weighted by Crippen LogP contribution is -1.99. The zero-order valence-corrected chi connectivity index (χ0v) is 7.65. The maximum atomic E-state index is 12.4. The molecule has 0 saturated heterocycles. The highest BCUT2D eigenvalue weighted by Gasteiger charge is 2.18. The molecule has 0 aromatic carbocycles. The first-order valence-corrected chi connectivity index (χ1v) is 4.12. The Kier molecular flexibility index (Phi) is 3.03. The standard InChI is InChI=1S/C8H8ClF2NO/c1-4-6(13)3-12-5(2-9)7(4)8(10)11/h3,8,13H,2H2,1H3. The van der Waals surface area contributed by atoms with Gasteiger partial charge in [0.05, 0.1) is 17.8 Å². The molecule has 1 heterocycles. The fraction of sp³-hybridized carbons (Fsp3) is 0.375. The summed E-state index contributed by atoms with van der Waals surface area (Å²) in [7, 11) is 0. The van der Waals surface area contributed by atoms with Crippen LogP contribution in [0.3, 0.4) is 0 Å². The minimum Gasteiger partial charge on any atom is -0.506 e. The molecule has 0 spiro atoms. The molecule has 0 fully saturated rings. The van der Waals surface area contributed by atoms with Crippen LogP contribution in [-0.2, 0) is 5.88 Å². The second-order valence-electron chi connectivity index (χ2n) is 2.56. The molecule has 2 nitrogen and oxygen atoms in total. The van der Waals surface area contributed by atoms with Crippen LogP contribution in [0, 0.1) is 6.92 Å². The summed E-state index contributed by atoms with van der Waals surface area (Å²) in [6.07, 6.45) is -1.54. The van der Waals surface area contributed by atoms with Gasteiger partial charge in [-0.15, -0.1) is 11.6 Å². The first-order chi connectivity index (χ1) is 6.07. The van der Waals surface area contributed by atoms with E-state index in [4.69, 9.17) is 16.7 Å². The Morgan fingerprint density at radius 3 is 2.69 bits per heavy atom. The van der Waals surface area contributed by atoms with Gasteiger partial charge in [-0.2, -0.15) is 0 Å². The summed E-state index contributed by atoms with van der Waals surface area (Å²) in [5.74, 6) is -0.315. The fourth-order valence-electron chi connectivity index (χ4n) is 1.06. The number of aromatic nitrogens is 1. The van der Waals surface area contributed by atoms with Gasteiger partial charge in [-0.05, 0) is 6.92 Å². The largest absolute Gasteiger partial charge is 0.506 e. The van der Waals surface area contributed by atoms with Crippen LogP contribution in [0.15, 0.2) is 6.20 Å². The predicted molar refractivity (Wildman–Crippen MR) is 45.2 cm³/mol. The minimum absolute atomic E-state index is 0.0825. The van der Waals surface area contributed by atoms with E-state index in [0.29, 0.717) is 0 Å². The molecule has 0 unspecified atom stereocenters. The summed E-state index contributed by atoms with van der Waals surface area (Å²) in [4.78, 5) is 3.62. The molecule has 0 bridgehead atoms. The van der Waals surface area contributed by atoms with Crippen molar-refractivity contribution in [3.63, 3.8) is 0 Å². The highest BCUT2D eigenvalue weighted by molar-refractivity contribution is 6.17. The van der Waals surface area contributed by atoms with E-state index in [1.165, 1.54) is 6.92 Å². The van der Waals surface area contributed by atoms with Crippen LogP contribution in [0.5, 0.6) is 5.75 Å². The summed E-state index contributed by atoms with van der Waals surface area (Å²) in [6.45, 7) is 1.41. The molecule has 1 aromatic heterocycles. The zero-order chi connectivity index (χ0) is 10.0. The summed E-state index contributed by atoms with van der Waals surface area (Å²) in [5, 5.41) is 9.13. The van der Waals surface area contributed by atoms with Crippen LogP contribution < -0.4 is 0 Å². The number of aromatic hydroxyl groups is 1. The average molecular weight is 208 g/mol. The third kappa shape index (κ3) is 1.88. The van der Waals surface area contributed by atoms with Crippen molar-refractivity contribution in [2.24, 2.45) is 0 Å². The zero-order valence-electron chi connectivity index (χ0n) is 6.89. The van der Waals surface area contributed by atoms with Crippen molar-refractivity contribution in [3.05, 3.63) is 23.0 Å². The molecule has 1 aromatic rings. The van der Waals surface area contributed by atoms with E-state index in [1.54, 1.807) is 0 Å². The van der Waals surface area contributed by atoms with E-state index in [1.807, 2.05) is 0 Å². The lowest BCUT2D eigenvalue weighted by molar-refractivity contribution is 0.148. The maximum Gasteiger partial charge on any atom is 0.266 e. The molecule has 1 rings (SSSR count). The van der Waals surface area contributed by atoms with E-state index < -0.39 is 6.43 Å². The van der Waals surface area contributed by atoms with Crippen molar-refractivity contribution in [1.82, 2.24) is 4.98 Å². The SMILES string of the molecule is Cc1c(O)cnc(CCl)c1C(F)F. The van der Waals surface area contributed by atoms with Crippen molar-refractivity contribution in [3.8, 4) is 5.75 Å². The Morgan fingerprint density at radius 1 is 1.62 bits per heavy atom. The molecule has 0 atom stereocenters. The Hall–Kier alpha value is -0.900. The van der Waals surface area contributed by atoms with Gasteiger partial charge < -0.3 is 5.11 Å². The van der Waals surface area contributed by atoms with E-state index in [2.05, 4.69) is 4.98 Å². The van der Waals surface area contributed by atoms with E-state index in [9.17, 15) is 8.78 Å². The smallest absolute Gasteiger partial charge is 0.266 e. The lowest BCUT2D eigenvalue weighted by Gasteiger charge is -2.09. The fourth-order valence-corrected chi connectivity index (χ4v) is 1.27. The topological polar surface area (TPSA) is 33.1 Å². The Labute approximate surface area is 79.2 Å². The van der Waals surface area contributed by atoms with Crippen LogP contribution in [-0.4, -0.2) is 10.1 Å². The van der Waals surface area contributed by atoms with Gasteiger partial charge in [0.1, 0.15) is 5.75 Å². The molecule has 0 aliphatic carbocycles. The highest BCUT2D eigenvalue weighted by atomic mass is 35.5. The van der Waals surface area contributed by atoms with Crippen molar-refractivity contribution in [2.75, 3.05) is 0 Å².